The number of hydrogen-bond acceptors (Lipinski definition) is 3. The van der Waals surface area contributed by atoms with E-state index in [0.29, 0.717) is 4.88 Å². The predicted octanol–water partition coefficient (Wildman–Crippen LogP) is 2.82. The second-order valence-corrected chi connectivity index (χ2v) is 5.32. The van der Waals surface area contributed by atoms with E-state index in [0.717, 1.165) is 19.3 Å². The fourth-order valence-electron chi connectivity index (χ4n) is 1.64. The van der Waals surface area contributed by atoms with Crippen LogP contribution in [0.4, 0.5) is 0 Å². The maximum absolute atomic E-state index is 11.9. The molecule has 1 amide bonds. The summed E-state index contributed by atoms with van der Waals surface area (Å²) in [6.07, 6.45) is 2.80. The lowest BCUT2D eigenvalue weighted by atomic mass is 10.0. The molecule has 1 aromatic rings. The van der Waals surface area contributed by atoms with Crippen molar-refractivity contribution in [3.63, 3.8) is 0 Å². The number of thiophene rings is 1. The number of unbranched alkanes of at least 4 members (excludes halogenated alkanes) is 1. The highest BCUT2D eigenvalue weighted by Crippen LogP contribution is 2.20. The van der Waals surface area contributed by atoms with Crippen molar-refractivity contribution >= 4 is 23.2 Å². The first-order valence-corrected chi connectivity index (χ1v) is 7.00. The van der Waals surface area contributed by atoms with Crippen molar-refractivity contribution in [3.05, 3.63) is 22.4 Å². The predicted molar refractivity (Wildman–Crippen MR) is 71.5 cm³/mol. The van der Waals surface area contributed by atoms with Crippen molar-refractivity contribution in [3.8, 4) is 0 Å². The number of nitrogens with one attached hydrogen (secondary N) is 1. The first-order valence-electron chi connectivity index (χ1n) is 6.12. The van der Waals surface area contributed by atoms with Gasteiger partial charge in [-0.2, -0.15) is 0 Å². The van der Waals surface area contributed by atoms with Gasteiger partial charge in [0, 0.05) is 10.8 Å². The molecular weight excluding hydrogens is 250 g/mol. The monoisotopic (exact) mass is 269 g/mol. The lowest BCUT2D eigenvalue weighted by Crippen LogP contribution is -2.36. The maximum Gasteiger partial charge on any atom is 0.331 e. The molecule has 2 N–H and O–H groups in total. The molecule has 1 rings (SSSR count). The molecule has 0 aliphatic heterocycles. The number of carbonyl (C=O) groups excluding carboxylic acids is 1. The fourth-order valence-corrected chi connectivity index (χ4v) is 2.40. The van der Waals surface area contributed by atoms with E-state index in [2.05, 4.69) is 12.2 Å². The minimum Gasteiger partial charge on any atom is -0.479 e. The molecule has 18 heavy (non-hydrogen) atoms. The third kappa shape index (κ3) is 4.14. The standard InChI is InChI=1S/C13H19NO3S/c1-3-4-6-9(2)12(15)14-11(13(16)17)10-7-5-8-18-10/h5,7-9,11H,3-4,6H2,1-2H3,(H,14,15)(H,16,17). The number of rotatable bonds is 7. The maximum atomic E-state index is 11.9. The first kappa shape index (κ1) is 14.7. The molecule has 1 aromatic heterocycles. The molecule has 4 nitrogen and oxygen atoms in total. The van der Waals surface area contributed by atoms with Crippen LogP contribution in [0.1, 0.15) is 44.0 Å². The normalized spacial score (nSPS) is 13.9. The van der Waals surface area contributed by atoms with Gasteiger partial charge < -0.3 is 10.4 Å². The van der Waals surface area contributed by atoms with Crippen LogP contribution in [-0.2, 0) is 9.59 Å². The summed E-state index contributed by atoms with van der Waals surface area (Å²) in [5.41, 5.74) is 0. The van der Waals surface area contributed by atoms with E-state index in [1.165, 1.54) is 11.3 Å². The Morgan fingerprint density at radius 2 is 2.22 bits per heavy atom. The number of aliphatic carboxylic acids is 1. The van der Waals surface area contributed by atoms with Gasteiger partial charge in [0.25, 0.3) is 0 Å². The topological polar surface area (TPSA) is 66.4 Å². The summed E-state index contributed by atoms with van der Waals surface area (Å²) in [5, 5.41) is 13.5. The first-order chi connectivity index (χ1) is 8.56. The van der Waals surface area contributed by atoms with Gasteiger partial charge in [0.15, 0.2) is 6.04 Å². The number of hydrogen-bond donors (Lipinski definition) is 2. The second kappa shape index (κ2) is 7.16. The van der Waals surface area contributed by atoms with Gasteiger partial charge in [0.05, 0.1) is 0 Å². The molecular formula is C13H19NO3S. The van der Waals surface area contributed by atoms with Crippen LogP contribution >= 0.6 is 11.3 Å². The van der Waals surface area contributed by atoms with Crippen LogP contribution in [0.15, 0.2) is 17.5 Å². The summed E-state index contributed by atoms with van der Waals surface area (Å²) >= 11 is 1.34. The molecule has 2 atom stereocenters. The molecule has 0 bridgehead atoms. The van der Waals surface area contributed by atoms with Gasteiger partial charge in [-0.1, -0.05) is 32.8 Å². The molecule has 0 saturated heterocycles. The highest BCUT2D eigenvalue weighted by atomic mass is 32.1. The van der Waals surface area contributed by atoms with Crippen molar-refractivity contribution in [2.45, 2.75) is 39.2 Å². The van der Waals surface area contributed by atoms with E-state index in [1.54, 1.807) is 17.5 Å². The highest BCUT2D eigenvalue weighted by Gasteiger charge is 2.24. The van der Waals surface area contributed by atoms with Gasteiger partial charge in [-0.05, 0) is 17.9 Å². The molecule has 2 unspecified atom stereocenters. The van der Waals surface area contributed by atoms with E-state index in [4.69, 9.17) is 5.11 Å². The summed E-state index contributed by atoms with van der Waals surface area (Å²) < 4.78 is 0. The van der Waals surface area contributed by atoms with Crippen LogP contribution in [-0.4, -0.2) is 17.0 Å². The Bertz CT molecular complexity index is 389. The Labute approximate surface area is 111 Å². The van der Waals surface area contributed by atoms with Crippen molar-refractivity contribution in [2.75, 3.05) is 0 Å². The summed E-state index contributed by atoms with van der Waals surface area (Å²) in [7, 11) is 0. The Morgan fingerprint density at radius 3 is 2.72 bits per heavy atom. The Morgan fingerprint density at radius 1 is 1.50 bits per heavy atom. The van der Waals surface area contributed by atoms with Crippen LogP contribution in [0.3, 0.4) is 0 Å². The third-order valence-electron chi connectivity index (χ3n) is 2.80. The van der Waals surface area contributed by atoms with Crippen LogP contribution < -0.4 is 5.32 Å². The average Bonchev–Trinajstić information content (AvgIpc) is 2.85. The van der Waals surface area contributed by atoms with Gasteiger partial charge in [-0.25, -0.2) is 4.79 Å². The van der Waals surface area contributed by atoms with Gasteiger partial charge in [0.2, 0.25) is 5.91 Å². The zero-order valence-electron chi connectivity index (χ0n) is 10.7. The second-order valence-electron chi connectivity index (χ2n) is 4.34. The SMILES string of the molecule is CCCCC(C)C(=O)NC(C(=O)O)c1cccs1. The summed E-state index contributed by atoms with van der Waals surface area (Å²) in [6.45, 7) is 3.90. The van der Waals surface area contributed by atoms with E-state index < -0.39 is 12.0 Å². The Hall–Kier alpha value is -1.36. The number of amides is 1. The number of carboxylic acids is 1. The van der Waals surface area contributed by atoms with E-state index >= 15 is 0 Å². The summed E-state index contributed by atoms with van der Waals surface area (Å²) in [5.74, 6) is -1.36. The summed E-state index contributed by atoms with van der Waals surface area (Å²) in [6, 6.07) is 2.57. The molecule has 0 fully saturated rings. The fraction of sp³-hybridized carbons (Fsp3) is 0.538. The largest absolute Gasteiger partial charge is 0.479 e. The van der Waals surface area contributed by atoms with E-state index in [-0.39, 0.29) is 11.8 Å². The van der Waals surface area contributed by atoms with Crippen LogP contribution in [0, 0.1) is 5.92 Å². The zero-order valence-corrected chi connectivity index (χ0v) is 11.5. The molecule has 0 saturated carbocycles. The van der Waals surface area contributed by atoms with Crippen LogP contribution in [0.5, 0.6) is 0 Å². The molecule has 100 valence electrons. The molecule has 0 spiro atoms. The minimum absolute atomic E-state index is 0.147. The minimum atomic E-state index is -1.02. The third-order valence-corrected chi connectivity index (χ3v) is 3.74. The number of carbonyl (C=O) groups is 2. The molecule has 0 aromatic carbocycles. The van der Waals surface area contributed by atoms with Gasteiger partial charge in [-0.3, -0.25) is 4.79 Å². The van der Waals surface area contributed by atoms with E-state index in [9.17, 15) is 9.59 Å². The van der Waals surface area contributed by atoms with E-state index in [1.807, 2.05) is 6.92 Å². The lowest BCUT2D eigenvalue weighted by molar-refractivity contribution is -0.142. The van der Waals surface area contributed by atoms with Crippen LogP contribution in [0.25, 0.3) is 0 Å². The van der Waals surface area contributed by atoms with Crippen LogP contribution in [0.2, 0.25) is 0 Å². The molecule has 0 aliphatic rings. The smallest absolute Gasteiger partial charge is 0.331 e. The Kier molecular flexibility index (Phi) is 5.85. The average molecular weight is 269 g/mol. The van der Waals surface area contributed by atoms with Gasteiger partial charge in [0.1, 0.15) is 0 Å². The lowest BCUT2D eigenvalue weighted by Gasteiger charge is -2.16. The Balaban J connectivity index is 2.62. The molecule has 5 heteroatoms. The van der Waals surface area contributed by atoms with Crippen molar-refractivity contribution in [2.24, 2.45) is 5.92 Å². The zero-order chi connectivity index (χ0) is 13.5. The van der Waals surface area contributed by atoms with Crippen molar-refractivity contribution in [1.29, 1.82) is 0 Å². The highest BCUT2D eigenvalue weighted by molar-refractivity contribution is 7.10. The quantitative estimate of drug-likeness (QED) is 0.800. The van der Waals surface area contributed by atoms with Crippen molar-refractivity contribution in [1.82, 2.24) is 5.32 Å². The van der Waals surface area contributed by atoms with Crippen molar-refractivity contribution < 1.29 is 14.7 Å². The molecule has 0 aliphatic carbocycles. The molecule has 0 radical (unpaired) electrons. The van der Waals surface area contributed by atoms with Gasteiger partial charge >= 0.3 is 5.97 Å². The van der Waals surface area contributed by atoms with Gasteiger partial charge in [-0.15, -0.1) is 11.3 Å². The number of carboxylic acid groups (broad SMARTS) is 1. The summed E-state index contributed by atoms with van der Waals surface area (Å²) in [4.78, 5) is 23.7. The molecule has 1 heterocycles.